The fraction of sp³-hybridized carbons (Fsp3) is 0.0714. The fourth-order valence-corrected chi connectivity index (χ4v) is 1.49. The van der Waals surface area contributed by atoms with E-state index in [0.29, 0.717) is 5.82 Å². The number of benzene rings is 1. The third-order valence-corrected chi connectivity index (χ3v) is 2.35. The highest BCUT2D eigenvalue weighted by Crippen LogP contribution is 2.04. The van der Waals surface area contributed by atoms with Crippen molar-refractivity contribution < 1.29 is 4.79 Å². The van der Waals surface area contributed by atoms with Gasteiger partial charge in [0.15, 0.2) is 5.82 Å². The van der Waals surface area contributed by atoms with Gasteiger partial charge in [0.2, 0.25) is 5.91 Å². The number of hydrogen-bond acceptors (Lipinski definition) is 3. The molecule has 0 unspecified atom stereocenters. The number of carbonyl (C=O) groups excluding carboxylic acids is 1. The maximum Gasteiger partial charge on any atom is 0.249 e. The molecule has 0 aliphatic rings. The first-order valence-corrected chi connectivity index (χ1v) is 5.72. The molecule has 0 atom stereocenters. The first-order valence-electron chi connectivity index (χ1n) is 5.72. The van der Waals surface area contributed by atoms with Crippen molar-refractivity contribution >= 4 is 17.8 Å². The molecule has 0 radical (unpaired) electrons. The highest BCUT2D eigenvalue weighted by molar-refractivity contribution is 6.01. The summed E-state index contributed by atoms with van der Waals surface area (Å²) < 4.78 is 1.45. The zero-order valence-electron chi connectivity index (χ0n) is 10.2. The van der Waals surface area contributed by atoms with Crippen molar-refractivity contribution in [2.45, 2.75) is 6.54 Å². The third-order valence-electron chi connectivity index (χ3n) is 2.35. The van der Waals surface area contributed by atoms with E-state index in [4.69, 9.17) is 5.26 Å². The van der Waals surface area contributed by atoms with Gasteiger partial charge >= 0.3 is 0 Å². The van der Waals surface area contributed by atoms with Crippen LogP contribution in [0.3, 0.4) is 0 Å². The Bertz CT molecular complexity index is 622. The lowest BCUT2D eigenvalue weighted by Crippen LogP contribution is -2.09. The molecule has 94 valence electrons. The molecule has 1 N–H and O–H groups in total. The van der Waals surface area contributed by atoms with Crippen LogP contribution in [-0.4, -0.2) is 15.7 Å². The lowest BCUT2D eigenvalue weighted by molar-refractivity contribution is -0.111. The zero-order chi connectivity index (χ0) is 13.5. The SMILES string of the molecule is N#CCn1ccc(NC(=O)/C=C/c2ccccc2)n1. The van der Waals surface area contributed by atoms with Gasteiger partial charge in [0.05, 0.1) is 6.07 Å². The number of hydrogen-bond donors (Lipinski definition) is 1. The minimum atomic E-state index is -0.258. The molecule has 2 aromatic rings. The zero-order valence-corrected chi connectivity index (χ0v) is 10.2. The highest BCUT2D eigenvalue weighted by atomic mass is 16.1. The fourth-order valence-electron chi connectivity index (χ4n) is 1.49. The summed E-state index contributed by atoms with van der Waals surface area (Å²) in [5.41, 5.74) is 0.952. The molecule has 19 heavy (non-hydrogen) atoms. The summed E-state index contributed by atoms with van der Waals surface area (Å²) >= 11 is 0. The first-order chi connectivity index (χ1) is 9.28. The first kappa shape index (κ1) is 12.6. The van der Waals surface area contributed by atoms with E-state index in [2.05, 4.69) is 10.4 Å². The van der Waals surface area contributed by atoms with Gasteiger partial charge in [-0.1, -0.05) is 30.3 Å². The van der Waals surface area contributed by atoms with Crippen molar-refractivity contribution in [1.29, 1.82) is 5.26 Å². The Morgan fingerprint density at radius 3 is 2.89 bits per heavy atom. The molecule has 5 heteroatoms. The maximum absolute atomic E-state index is 11.6. The summed E-state index contributed by atoms with van der Waals surface area (Å²) in [5.74, 6) is 0.170. The van der Waals surface area contributed by atoms with E-state index < -0.39 is 0 Å². The van der Waals surface area contributed by atoms with Crippen LogP contribution in [0.2, 0.25) is 0 Å². The van der Waals surface area contributed by atoms with E-state index >= 15 is 0 Å². The number of carbonyl (C=O) groups is 1. The van der Waals surface area contributed by atoms with E-state index in [1.807, 2.05) is 36.4 Å². The minimum Gasteiger partial charge on any atom is -0.306 e. The predicted molar refractivity (Wildman–Crippen MR) is 71.9 cm³/mol. The second-order valence-electron chi connectivity index (χ2n) is 3.79. The quantitative estimate of drug-likeness (QED) is 0.846. The molecule has 0 spiro atoms. The summed E-state index contributed by atoms with van der Waals surface area (Å²) in [4.78, 5) is 11.6. The van der Waals surface area contributed by atoms with Crippen LogP contribution in [0.25, 0.3) is 6.08 Å². The molecule has 0 aliphatic heterocycles. The molecule has 1 amide bonds. The van der Waals surface area contributed by atoms with Crippen molar-refractivity contribution in [3.05, 3.63) is 54.2 Å². The summed E-state index contributed by atoms with van der Waals surface area (Å²) in [7, 11) is 0. The van der Waals surface area contributed by atoms with E-state index in [1.54, 1.807) is 18.3 Å². The molecule has 0 saturated carbocycles. The molecule has 0 saturated heterocycles. The Hall–Kier alpha value is -2.87. The predicted octanol–water partition coefficient (Wildman–Crippen LogP) is 2.06. The number of nitrogens with one attached hydrogen (secondary N) is 1. The number of rotatable bonds is 4. The highest BCUT2D eigenvalue weighted by Gasteiger charge is 2.01. The standard InChI is InChI=1S/C14H12N4O/c15-9-11-18-10-8-13(17-18)16-14(19)7-6-12-4-2-1-3-5-12/h1-8,10H,11H2,(H,16,17,19)/b7-6+. The van der Waals surface area contributed by atoms with Crippen LogP contribution < -0.4 is 5.32 Å². The van der Waals surface area contributed by atoms with Crippen LogP contribution in [0, 0.1) is 11.3 Å². The lowest BCUT2D eigenvalue weighted by Gasteiger charge is -1.96. The molecule has 1 aromatic carbocycles. The number of amides is 1. The van der Waals surface area contributed by atoms with Gasteiger partial charge in [-0.3, -0.25) is 9.48 Å². The molecular weight excluding hydrogens is 240 g/mol. The Kier molecular flexibility index (Phi) is 4.09. The van der Waals surface area contributed by atoms with Gasteiger partial charge in [-0.05, 0) is 11.6 Å². The number of nitriles is 1. The Balaban J connectivity index is 1.94. The van der Waals surface area contributed by atoms with Crippen LogP contribution in [0.1, 0.15) is 5.56 Å². The van der Waals surface area contributed by atoms with E-state index in [-0.39, 0.29) is 12.5 Å². The largest absolute Gasteiger partial charge is 0.306 e. The van der Waals surface area contributed by atoms with Gasteiger partial charge in [0.1, 0.15) is 6.54 Å². The van der Waals surface area contributed by atoms with Gasteiger partial charge in [-0.25, -0.2) is 0 Å². The van der Waals surface area contributed by atoms with Crippen molar-refractivity contribution in [2.24, 2.45) is 0 Å². The van der Waals surface area contributed by atoms with Gasteiger partial charge in [-0.2, -0.15) is 10.4 Å². The number of anilines is 1. The van der Waals surface area contributed by atoms with E-state index in [1.165, 1.54) is 10.8 Å². The number of nitrogens with zero attached hydrogens (tertiary/aromatic N) is 3. The smallest absolute Gasteiger partial charge is 0.249 e. The van der Waals surface area contributed by atoms with Crippen LogP contribution >= 0.6 is 0 Å². The van der Waals surface area contributed by atoms with Gasteiger partial charge in [-0.15, -0.1) is 0 Å². The second-order valence-corrected chi connectivity index (χ2v) is 3.79. The van der Waals surface area contributed by atoms with Crippen LogP contribution in [0.4, 0.5) is 5.82 Å². The average Bonchev–Trinajstić information content (AvgIpc) is 2.85. The minimum absolute atomic E-state index is 0.162. The Labute approximate surface area is 110 Å². The van der Waals surface area contributed by atoms with Crippen molar-refractivity contribution in [3.8, 4) is 6.07 Å². The molecule has 5 nitrogen and oxygen atoms in total. The summed E-state index contributed by atoms with van der Waals surface area (Å²) in [6, 6.07) is 13.2. The molecular formula is C14H12N4O. The molecule has 2 rings (SSSR count). The van der Waals surface area contributed by atoms with Crippen LogP contribution in [0.15, 0.2) is 48.7 Å². The van der Waals surface area contributed by atoms with E-state index in [0.717, 1.165) is 5.56 Å². The van der Waals surface area contributed by atoms with Gasteiger partial charge in [0, 0.05) is 18.3 Å². The maximum atomic E-state index is 11.6. The molecule has 1 heterocycles. The molecule has 1 aromatic heterocycles. The molecule has 0 bridgehead atoms. The normalized spacial score (nSPS) is 10.3. The molecule has 0 aliphatic carbocycles. The monoisotopic (exact) mass is 252 g/mol. The second kappa shape index (κ2) is 6.17. The topological polar surface area (TPSA) is 70.7 Å². The van der Waals surface area contributed by atoms with Crippen molar-refractivity contribution in [2.75, 3.05) is 5.32 Å². The Morgan fingerprint density at radius 1 is 1.37 bits per heavy atom. The summed E-state index contributed by atoms with van der Waals surface area (Å²) in [6.45, 7) is 0.162. The summed E-state index contributed by atoms with van der Waals surface area (Å²) in [5, 5.41) is 15.2. The van der Waals surface area contributed by atoms with Gasteiger partial charge < -0.3 is 5.32 Å². The third kappa shape index (κ3) is 3.82. The van der Waals surface area contributed by atoms with Crippen LogP contribution in [0.5, 0.6) is 0 Å². The molecule has 0 fully saturated rings. The lowest BCUT2D eigenvalue weighted by atomic mass is 10.2. The van der Waals surface area contributed by atoms with Crippen molar-refractivity contribution in [1.82, 2.24) is 9.78 Å². The van der Waals surface area contributed by atoms with Crippen LogP contribution in [-0.2, 0) is 11.3 Å². The summed E-state index contributed by atoms with van der Waals surface area (Å²) in [6.07, 6.45) is 4.81. The number of aromatic nitrogens is 2. The van der Waals surface area contributed by atoms with Crippen molar-refractivity contribution in [3.63, 3.8) is 0 Å². The van der Waals surface area contributed by atoms with E-state index in [9.17, 15) is 4.79 Å². The Morgan fingerprint density at radius 2 is 2.16 bits per heavy atom. The average molecular weight is 252 g/mol. The van der Waals surface area contributed by atoms with Gasteiger partial charge in [0.25, 0.3) is 0 Å².